The average molecular weight is 227 g/mol. The fourth-order valence-corrected chi connectivity index (χ4v) is 1.88. The molecule has 0 aliphatic carbocycles. The van der Waals surface area contributed by atoms with E-state index in [2.05, 4.69) is 10.3 Å². The maximum atomic E-state index is 11.6. The minimum Gasteiger partial charge on any atom is -0.329 e. The van der Waals surface area contributed by atoms with Crippen LogP contribution >= 0.6 is 11.3 Å². The van der Waals surface area contributed by atoms with E-state index in [1.165, 1.54) is 0 Å². The van der Waals surface area contributed by atoms with Crippen LogP contribution in [0.5, 0.6) is 0 Å². The molecule has 1 unspecified atom stereocenters. The number of carbonyl (C=O) groups excluding carboxylic acids is 1. The number of hydrogen-bond acceptors (Lipinski definition) is 3. The number of aryl methyl sites for hydroxylation is 1. The summed E-state index contributed by atoms with van der Waals surface area (Å²) in [5, 5.41) is 5.83. The molecule has 1 N–H and O–H groups in total. The number of rotatable bonds is 3. The Morgan fingerprint density at radius 1 is 1.73 bits per heavy atom. The molecule has 1 aromatic heterocycles. The van der Waals surface area contributed by atoms with E-state index in [-0.39, 0.29) is 12.1 Å². The molecular formula is C10H17N3OS. The van der Waals surface area contributed by atoms with Crippen molar-refractivity contribution < 1.29 is 4.79 Å². The average Bonchev–Trinajstić information content (AvgIpc) is 2.63. The maximum Gasteiger partial charge on any atom is 0.317 e. The summed E-state index contributed by atoms with van der Waals surface area (Å²) in [7, 11) is 1.77. The summed E-state index contributed by atoms with van der Waals surface area (Å²) in [4.78, 5) is 17.5. The molecule has 0 aliphatic heterocycles. The second-order valence-corrected chi connectivity index (χ2v) is 4.40. The Morgan fingerprint density at radius 3 is 2.87 bits per heavy atom. The number of thiazole rings is 1. The molecule has 84 valence electrons. The fourth-order valence-electron chi connectivity index (χ4n) is 1.07. The van der Waals surface area contributed by atoms with Gasteiger partial charge in [0.1, 0.15) is 5.01 Å². The van der Waals surface area contributed by atoms with Crippen LogP contribution in [0.15, 0.2) is 5.38 Å². The molecule has 0 radical (unpaired) electrons. The molecule has 0 aliphatic rings. The number of nitrogens with one attached hydrogen (secondary N) is 1. The zero-order chi connectivity index (χ0) is 11.4. The maximum absolute atomic E-state index is 11.6. The number of hydrogen-bond donors (Lipinski definition) is 1. The van der Waals surface area contributed by atoms with Crippen molar-refractivity contribution in [1.82, 2.24) is 15.2 Å². The Labute approximate surface area is 94.3 Å². The number of carbonyl (C=O) groups is 1. The van der Waals surface area contributed by atoms with E-state index >= 15 is 0 Å². The van der Waals surface area contributed by atoms with Crippen molar-refractivity contribution in [3.63, 3.8) is 0 Å². The lowest BCUT2D eigenvalue weighted by Gasteiger charge is -2.18. The van der Waals surface area contributed by atoms with Crippen molar-refractivity contribution in [1.29, 1.82) is 0 Å². The van der Waals surface area contributed by atoms with Gasteiger partial charge in [-0.2, -0.15) is 0 Å². The molecule has 0 spiro atoms. The Kier molecular flexibility index (Phi) is 4.08. The first kappa shape index (κ1) is 12.0. The molecule has 0 bridgehead atoms. The van der Waals surface area contributed by atoms with E-state index < -0.39 is 0 Å². The van der Waals surface area contributed by atoms with Crippen LogP contribution in [0.2, 0.25) is 0 Å². The van der Waals surface area contributed by atoms with Crippen LogP contribution in [-0.4, -0.2) is 29.5 Å². The number of amides is 2. The zero-order valence-corrected chi connectivity index (χ0v) is 10.4. The van der Waals surface area contributed by atoms with Crippen molar-refractivity contribution in [2.24, 2.45) is 0 Å². The van der Waals surface area contributed by atoms with E-state index in [0.29, 0.717) is 6.54 Å². The van der Waals surface area contributed by atoms with Crippen LogP contribution in [0.25, 0.3) is 0 Å². The molecule has 2 amide bonds. The minimum absolute atomic E-state index is 0.0230. The third-order valence-corrected chi connectivity index (χ3v) is 3.31. The summed E-state index contributed by atoms with van der Waals surface area (Å²) in [6.07, 6.45) is 0. The highest BCUT2D eigenvalue weighted by Crippen LogP contribution is 2.17. The van der Waals surface area contributed by atoms with Gasteiger partial charge in [0.05, 0.1) is 6.04 Å². The van der Waals surface area contributed by atoms with Gasteiger partial charge in [-0.05, 0) is 20.8 Å². The monoisotopic (exact) mass is 227 g/mol. The summed E-state index contributed by atoms with van der Waals surface area (Å²) >= 11 is 1.57. The first-order valence-corrected chi connectivity index (χ1v) is 5.86. The number of aromatic nitrogens is 1. The summed E-state index contributed by atoms with van der Waals surface area (Å²) < 4.78 is 0. The largest absolute Gasteiger partial charge is 0.329 e. The molecule has 0 aromatic carbocycles. The smallest absolute Gasteiger partial charge is 0.317 e. The highest BCUT2D eigenvalue weighted by Gasteiger charge is 2.14. The first-order valence-electron chi connectivity index (χ1n) is 4.98. The molecule has 5 heteroatoms. The van der Waals surface area contributed by atoms with Gasteiger partial charge < -0.3 is 10.2 Å². The van der Waals surface area contributed by atoms with E-state index in [4.69, 9.17) is 0 Å². The van der Waals surface area contributed by atoms with E-state index in [1.807, 2.05) is 26.2 Å². The number of urea groups is 1. The van der Waals surface area contributed by atoms with Gasteiger partial charge in [-0.1, -0.05) is 0 Å². The second-order valence-electron chi connectivity index (χ2n) is 3.51. The van der Waals surface area contributed by atoms with Crippen molar-refractivity contribution in [3.05, 3.63) is 16.1 Å². The van der Waals surface area contributed by atoms with Crippen LogP contribution in [0.1, 0.15) is 30.6 Å². The Hall–Kier alpha value is -1.10. The Balaban J connectivity index is 2.56. The standard InChI is InChI=1S/C10H17N3OS/c1-5-13(4)10(14)12-8(3)9-11-7(2)6-15-9/h6,8H,5H2,1-4H3,(H,12,14). The first-order chi connectivity index (χ1) is 7.04. The second kappa shape index (κ2) is 5.11. The predicted octanol–water partition coefficient (Wildman–Crippen LogP) is 2.17. The topological polar surface area (TPSA) is 45.2 Å². The lowest BCUT2D eigenvalue weighted by molar-refractivity contribution is 0.207. The van der Waals surface area contributed by atoms with E-state index in [0.717, 1.165) is 10.7 Å². The quantitative estimate of drug-likeness (QED) is 0.860. The summed E-state index contributed by atoms with van der Waals surface area (Å²) in [5.41, 5.74) is 1.000. The molecule has 0 saturated carbocycles. The Bertz CT molecular complexity index is 337. The molecule has 1 rings (SSSR count). The normalized spacial score (nSPS) is 12.3. The van der Waals surface area contributed by atoms with Crippen LogP contribution in [0.4, 0.5) is 4.79 Å². The fraction of sp³-hybridized carbons (Fsp3) is 0.600. The van der Waals surface area contributed by atoms with Crippen molar-refractivity contribution in [3.8, 4) is 0 Å². The Morgan fingerprint density at radius 2 is 2.40 bits per heavy atom. The van der Waals surface area contributed by atoms with Gasteiger partial charge in [0.25, 0.3) is 0 Å². The van der Waals surface area contributed by atoms with Crippen molar-refractivity contribution in [2.45, 2.75) is 26.8 Å². The molecule has 15 heavy (non-hydrogen) atoms. The molecule has 1 heterocycles. The molecule has 0 fully saturated rings. The SMILES string of the molecule is CCN(C)C(=O)NC(C)c1nc(C)cs1. The summed E-state index contributed by atoms with van der Waals surface area (Å²) in [6.45, 7) is 6.54. The van der Waals surface area contributed by atoms with E-state index in [9.17, 15) is 4.79 Å². The number of nitrogens with zero attached hydrogens (tertiary/aromatic N) is 2. The minimum atomic E-state index is -0.0575. The van der Waals surface area contributed by atoms with E-state index in [1.54, 1.807) is 23.3 Å². The van der Waals surface area contributed by atoms with Gasteiger partial charge in [-0.15, -0.1) is 11.3 Å². The zero-order valence-electron chi connectivity index (χ0n) is 9.57. The van der Waals surface area contributed by atoms with Gasteiger partial charge in [0.2, 0.25) is 0 Å². The van der Waals surface area contributed by atoms with Crippen LogP contribution in [0, 0.1) is 6.92 Å². The molecule has 4 nitrogen and oxygen atoms in total. The van der Waals surface area contributed by atoms with Crippen LogP contribution in [0.3, 0.4) is 0 Å². The highest BCUT2D eigenvalue weighted by atomic mass is 32.1. The molecular weight excluding hydrogens is 210 g/mol. The van der Waals surface area contributed by atoms with Crippen molar-refractivity contribution >= 4 is 17.4 Å². The van der Waals surface area contributed by atoms with Gasteiger partial charge in [0, 0.05) is 24.7 Å². The van der Waals surface area contributed by atoms with Crippen molar-refractivity contribution in [2.75, 3.05) is 13.6 Å². The molecule has 0 saturated heterocycles. The predicted molar refractivity (Wildman–Crippen MR) is 62.1 cm³/mol. The third-order valence-electron chi connectivity index (χ3n) is 2.17. The summed E-state index contributed by atoms with van der Waals surface area (Å²) in [5.74, 6) is 0. The lowest BCUT2D eigenvalue weighted by Crippen LogP contribution is -2.38. The lowest BCUT2D eigenvalue weighted by atomic mass is 10.3. The van der Waals surface area contributed by atoms with Crippen LogP contribution in [-0.2, 0) is 0 Å². The third kappa shape index (κ3) is 3.20. The van der Waals surface area contributed by atoms with Crippen LogP contribution < -0.4 is 5.32 Å². The highest BCUT2D eigenvalue weighted by molar-refractivity contribution is 7.09. The van der Waals surface area contributed by atoms with Gasteiger partial charge in [-0.3, -0.25) is 0 Å². The molecule has 1 aromatic rings. The van der Waals surface area contributed by atoms with Gasteiger partial charge >= 0.3 is 6.03 Å². The van der Waals surface area contributed by atoms with Gasteiger partial charge in [-0.25, -0.2) is 9.78 Å². The van der Waals surface area contributed by atoms with Gasteiger partial charge in [0.15, 0.2) is 0 Å². The molecule has 1 atom stereocenters. The summed E-state index contributed by atoms with van der Waals surface area (Å²) in [6, 6.07) is -0.0805.